The molecule has 0 spiro atoms. The van der Waals surface area contributed by atoms with Crippen LogP contribution in [0.4, 0.5) is 5.69 Å². The van der Waals surface area contributed by atoms with E-state index in [2.05, 4.69) is 5.32 Å². The average molecular weight is 326 g/mol. The third-order valence-electron chi connectivity index (χ3n) is 3.95. The van der Waals surface area contributed by atoms with Crippen molar-refractivity contribution < 1.29 is 19.4 Å². The van der Waals surface area contributed by atoms with E-state index in [0.717, 1.165) is 16.9 Å². The highest BCUT2D eigenvalue weighted by Crippen LogP contribution is 2.24. The number of carboxylic acid groups (broad SMARTS) is 1. The maximum atomic E-state index is 12.1. The first kappa shape index (κ1) is 16.0. The molecule has 1 aliphatic rings. The van der Waals surface area contributed by atoms with Crippen LogP contribution < -0.4 is 10.1 Å². The molecule has 2 aromatic carbocycles. The number of carbonyl (C=O) groups excluding carboxylic acids is 1. The second kappa shape index (κ2) is 6.72. The van der Waals surface area contributed by atoms with Crippen molar-refractivity contribution in [2.45, 2.75) is 13.1 Å². The van der Waals surface area contributed by atoms with Gasteiger partial charge in [-0.05, 0) is 41.5 Å². The summed E-state index contributed by atoms with van der Waals surface area (Å²) in [7, 11) is 1.62. The van der Waals surface area contributed by atoms with Gasteiger partial charge < -0.3 is 15.2 Å². The third-order valence-corrected chi connectivity index (χ3v) is 3.95. The number of aromatic carboxylic acids is 1. The van der Waals surface area contributed by atoms with Crippen molar-refractivity contribution >= 4 is 17.6 Å². The summed E-state index contributed by atoms with van der Waals surface area (Å²) in [6, 6.07) is 12.4. The largest absolute Gasteiger partial charge is 0.497 e. The van der Waals surface area contributed by atoms with Crippen LogP contribution in [0.1, 0.15) is 21.5 Å². The third kappa shape index (κ3) is 3.55. The van der Waals surface area contributed by atoms with Crippen molar-refractivity contribution in [3.8, 4) is 5.75 Å². The maximum Gasteiger partial charge on any atom is 0.335 e. The Bertz CT molecular complexity index is 771. The Morgan fingerprint density at radius 3 is 2.62 bits per heavy atom. The van der Waals surface area contributed by atoms with Gasteiger partial charge in [0.25, 0.3) is 0 Å². The predicted molar refractivity (Wildman–Crippen MR) is 89.1 cm³/mol. The van der Waals surface area contributed by atoms with Gasteiger partial charge >= 0.3 is 5.97 Å². The van der Waals surface area contributed by atoms with E-state index in [-0.39, 0.29) is 18.0 Å². The number of methoxy groups -OCH3 is 1. The summed E-state index contributed by atoms with van der Waals surface area (Å²) < 4.78 is 5.14. The lowest BCUT2D eigenvalue weighted by molar-refractivity contribution is -0.117. The molecule has 2 aromatic rings. The van der Waals surface area contributed by atoms with Gasteiger partial charge in [-0.3, -0.25) is 9.69 Å². The number of carbonyl (C=O) groups is 2. The smallest absolute Gasteiger partial charge is 0.335 e. The van der Waals surface area contributed by atoms with Gasteiger partial charge in [0.2, 0.25) is 5.91 Å². The van der Waals surface area contributed by atoms with Crippen molar-refractivity contribution in [1.29, 1.82) is 0 Å². The molecule has 24 heavy (non-hydrogen) atoms. The van der Waals surface area contributed by atoms with Crippen LogP contribution in [-0.4, -0.2) is 35.5 Å². The minimum absolute atomic E-state index is 0.106. The number of nitrogens with zero attached hydrogens (tertiary/aromatic N) is 1. The van der Waals surface area contributed by atoms with Crippen molar-refractivity contribution in [3.05, 3.63) is 59.2 Å². The summed E-state index contributed by atoms with van der Waals surface area (Å²) in [6.07, 6.45) is 0. The molecular weight excluding hydrogens is 308 g/mol. The number of hydrogen-bond acceptors (Lipinski definition) is 4. The van der Waals surface area contributed by atoms with Crippen LogP contribution in [-0.2, 0) is 17.9 Å². The molecular formula is C18H18N2O4. The van der Waals surface area contributed by atoms with E-state index in [1.807, 2.05) is 29.2 Å². The van der Waals surface area contributed by atoms with E-state index >= 15 is 0 Å². The van der Waals surface area contributed by atoms with Gasteiger partial charge in [-0.2, -0.15) is 0 Å². The number of anilines is 1. The number of amides is 1. The molecule has 0 atom stereocenters. The van der Waals surface area contributed by atoms with Crippen molar-refractivity contribution in [2.24, 2.45) is 0 Å². The van der Waals surface area contributed by atoms with Gasteiger partial charge in [0.05, 0.1) is 19.2 Å². The fourth-order valence-electron chi connectivity index (χ4n) is 2.77. The molecule has 2 N–H and O–H groups in total. The molecule has 0 fully saturated rings. The first-order valence-electron chi connectivity index (χ1n) is 7.56. The van der Waals surface area contributed by atoms with Crippen molar-refractivity contribution in [2.75, 3.05) is 19.0 Å². The lowest BCUT2D eigenvalue weighted by atomic mass is 10.1. The van der Waals surface area contributed by atoms with Gasteiger partial charge in [-0.15, -0.1) is 0 Å². The Morgan fingerprint density at radius 2 is 1.96 bits per heavy atom. The standard InChI is InChI=1S/C18H18N2O4/c1-24-15-5-2-12(3-6-15)9-20-10-14-8-13(18(22)23)4-7-16(14)19-17(21)11-20/h2-8H,9-11H2,1H3,(H,19,21)(H,22,23). The van der Waals surface area contributed by atoms with Gasteiger partial charge in [0, 0.05) is 18.8 Å². The second-order valence-corrected chi connectivity index (χ2v) is 5.72. The topological polar surface area (TPSA) is 78.9 Å². The van der Waals surface area contributed by atoms with E-state index in [4.69, 9.17) is 9.84 Å². The summed E-state index contributed by atoms with van der Waals surface area (Å²) in [4.78, 5) is 25.2. The van der Waals surface area contributed by atoms with Crippen LogP contribution in [0.2, 0.25) is 0 Å². The van der Waals surface area contributed by atoms with Crippen molar-refractivity contribution in [1.82, 2.24) is 4.90 Å². The highest BCUT2D eigenvalue weighted by Gasteiger charge is 2.20. The maximum absolute atomic E-state index is 12.1. The first-order chi connectivity index (χ1) is 11.5. The van der Waals surface area contributed by atoms with Crippen molar-refractivity contribution in [3.63, 3.8) is 0 Å². The minimum Gasteiger partial charge on any atom is -0.497 e. The molecule has 0 saturated carbocycles. The lowest BCUT2D eigenvalue weighted by Gasteiger charge is -2.19. The van der Waals surface area contributed by atoms with E-state index in [1.165, 1.54) is 6.07 Å². The molecule has 0 bridgehead atoms. The van der Waals surface area contributed by atoms with Crippen LogP contribution in [0.25, 0.3) is 0 Å². The summed E-state index contributed by atoms with van der Waals surface area (Å²) >= 11 is 0. The Hall–Kier alpha value is -2.86. The molecule has 0 aliphatic carbocycles. The fraction of sp³-hybridized carbons (Fsp3) is 0.222. The summed E-state index contributed by atoms with van der Waals surface area (Å²) in [6.45, 7) is 1.35. The monoisotopic (exact) mass is 326 g/mol. The van der Waals surface area contributed by atoms with Gasteiger partial charge in [-0.25, -0.2) is 4.79 Å². The Labute approximate surface area is 139 Å². The molecule has 0 aromatic heterocycles. The second-order valence-electron chi connectivity index (χ2n) is 5.72. The molecule has 0 saturated heterocycles. The number of ether oxygens (including phenoxy) is 1. The molecule has 0 unspecified atom stereocenters. The number of nitrogens with one attached hydrogen (secondary N) is 1. The fourth-order valence-corrected chi connectivity index (χ4v) is 2.77. The zero-order valence-electron chi connectivity index (χ0n) is 13.3. The van der Waals surface area contributed by atoms with Gasteiger partial charge in [0.15, 0.2) is 0 Å². The van der Waals surface area contributed by atoms with Gasteiger partial charge in [0.1, 0.15) is 5.75 Å². The summed E-state index contributed by atoms with van der Waals surface area (Å²) in [5.74, 6) is -0.302. The Morgan fingerprint density at radius 1 is 1.21 bits per heavy atom. The molecule has 0 radical (unpaired) electrons. The van der Waals surface area contributed by atoms with E-state index < -0.39 is 5.97 Å². The van der Waals surface area contributed by atoms with Crippen LogP contribution in [0, 0.1) is 0 Å². The number of hydrogen-bond donors (Lipinski definition) is 2. The zero-order valence-corrected chi connectivity index (χ0v) is 13.3. The normalized spacial score (nSPS) is 14.5. The van der Waals surface area contributed by atoms with Gasteiger partial charge in [-0.1, -0.05) is 12.1 Å². The zero-order chi connectivity index (χ0) is 17.1. The molecule has 124 valence electrons. The van der Waals surface area contributed by atoms with E-state index in [0.29, 0.717) is 18.8 Å². The molecule has 1 amide bonds. The molecule has 1 heterocycles. The molecule has 6 heteroatoms. The molecule has 6 nitrogen and oxygen atoms in total. The quantitative estimate of drug-likeness (QED) is 0.902. The van der Waals surface area contributed by atoms with Crippen LogP contribution in [0.3, 0.4) is 0 Å². The average Bonchev–Trinajstić information content (AvgIpc) is 2.72. The lowest BCUT2D eigenvalue weighted by Crippen LogP contribution is -2.29. The Balaban J connectivity index is 1.82. The predicted octanol–water partition coefficient (Wildman–Crippen LogP) is 2.35. The highest BCUT2D eigenvalue weighted by molar-refractivity contribution is 5.95. The van der Waals surface area contributed by atoms with Crippen LogP contribution in [0.5, 0.6) is 5.75 Å². The Kier molecular flexibility index (Phi) is 4.48. The number of carboxylic acids is 1. The summed E-state index contributed by atoms with van der Waals surface area (Å²) in [5.41, 5.74) is 2.74. The molecule has 1 aliphatic heterocycles. The van der Waals surface area contributed by atoms with Crippen LogP contribution in [0.15, 0.2) is 42.5 Å². The highest BCUT2D eigenvalue weighted by atomic mass is 16.5. The number of fused-ring (bicyclic) bond motifs is 1. The van der Waals surface area contributed by atoms with E-state index in [9.17, 15) is 9.59 Å². The number of rotatable bonds is 4. The minimum atomic E-state index is -0.977. The summed E-state index contributed by atoms with van der Waals surface area (Å²) in [5, 5.41) is 12.0. The molecule has 3 rings (SSSR count). The number of benzene rings is 2. The van der Waals surface area contributed by atoms with Crippen LogP contribution >= 0.6 is 0 Å². The SMILES string of the molecule is COc1ccc(CN2CC(=O)Nc3ccc(C(=O)O)cc3C2)cc1. The first-order valence-corrected chi connectivity index (χ1v) is 7.56. The van der Waals surface area contributed by atoms with E-state index in [1.54, 1.807) is 19.2 Å².